The van der Waals surface area contributed by atoms with Crippen LogP contribution in [0, 0.1) is 11.5 Å². The van der Waals surface area contributed by atoms with Crippen LogP contribution in [-0.2, 0) is 0 Å². The smallest absolute Gasteiger partial charge is 0.181 e. The van der Waals surface area contributed by atoms with Gasteiger partial charge in [-0.1, -0.05) is 42.5 Å². The first-order valence-electron chi connectivity index (χ1n) is 5.07. The number of hydrogen-bond acceptors (Lipinski definition) is 3. The third-order valence-electron chi connectivity index (χ3n) is 2.98. The van der Waals surface area contributed by atoms with Gasteiger partial charge in [0.25, 0.3) is 0 Å². The van der Waals surface area contributed by atoms with Gasteiger partial charge in [0.05, 0.1) is 12.1 Å². The lowest BCUT2D eigenvalue weighted by Crippen LogP contribution is -2.27. The zero-order valence-corrected chi connectivity index (χ0v) is 8.17. The highest BCUT2D eigenvalue weighted by Crippen LogP contribution is 2.33. The first-order valence-corrected chi connectivity index (χ1v) is 5.07. The number of rotatable bonds is 1. The molecule has 74 valence electrons. The van der Waals surface area contributed by atoms with Gasteiger partial charge < -0.3 is 0 Å². The lowest BCUT2D eigenvalue weighted by Gasteiger charge is -2.16. The maximum Gasteiger partial charge on any atom is 0.181 e. The van der Waals surface area contributed by atoms with Crippen LogP contribution in [0.25, 0.3) is 0 Å². The van der Waals surface area contributed by atoms with Gasteiger partial charge in [-0.25, -0.2) is 0 Å². The Morgan fingerprint density at radius 2 is 2.00 bits per heavy atom. The quantitative estimate of drug-likeness (QED) is 0.420. The second-order valence-corrected chi connectivity index (χ2v) is 3.88. The molecule has 3 nitrogen and oxygen atoms in total. The minimum atomic E-state index is 0.213. The Kier molecular flexibility index (Phi) is 1.77. The van der Waals surface area contributed by atoms with Crippen LogP contribution in [0.1, 0.15) is 11.6 Å². The molecule has 1 aromatic carbocycles. The Hall–Kier alpha value is -1.79. The lowest BCUT2D eigenvalue weighted by atomic mass is 10.0. The third-order valence-corrected chi connectivity index (χ3v) is 2.98. The van der Waals surface area contributed by atoms with Crippen molar-refractivity contribution in [3.05, 3.63) is 48.0 Å². The Bertz CT molecular complexity index is 432. The van der Waals surface area contributed by atoms with E-state index < -0.39 is 0 Å². The zero-order valence-electron chi connectivity index (χ0n) is 8.17. The molecule has 0 saturated carbocycles. The molecule has 3 atom stereocenters. The zero-order chi connectivity index (χ0) is 10.3. The number of nitriles is 1. The maximum absolute atomic E-state index is 8.80. The summed E-state index contributed by atoms with van der Waals surface area (Å²) in [6, 6.07) is 10.8. The van der Waals surface area contributed by atoms with E-state index in [1.54, 1.807) is 4.90 Å². The van der Waals surface area contributed by atoms with Gasteiger partial charge in [-0.2, -0.15) is 5.26 Å². The van der Waals surface area contributed by atoms with Crippen molar-refractivity contribution >= 4 is 0 Å². The fraction of sp³-hybridized carbons (Fsp3) is 0.250. The van der Waals surface area contributed by atoms with Crippen molar-refractivity contribution in [1.29, 1.82) is 5.26 Å². The summed E-state index contributed by atoms with van der Waals surface area (Å²) >= 11 is 0. The first kappa shape index (κ1) is 8.51. The van der Waals surface area contributed by atoms with E-state index in [0.717, 1.165) is 0 Å². The molecule has 0 spiro atoms. The predicted octanol–water partition coefficient (Wildman–Crippen LogP) is 1.38. The molecule has 3 unspecified atom stereocenters. The van der Waals surface area contributed by atoms with E-state index in [2.05, 4.69) is 35.8 Å². The largest absolute Gasteiger partial charge is 0.284 e. The van der Waals surface area contributed by atoms with Crippen LogP contribution in [0.5, 0.6) is 0 Å². The topological polar surface area (TPSA) is 38.8 Å². The molecule has 0 amide bonds. The summed E-state index contributed by atoms with van der Waals surface area (Å²) in [6.45, 7) is 0. The summed E-state index contributed by atoms with van der Waals surface area (Å²) < 4.78 is 0. The minimum Gasteiger partial charge on any atom is -0.284 e. The van der Waals surface area contributed by atoms with Crippen molar-refractivity contribution in [2.75, 3.05) is 0 Å². The van der Waals surface area contributed by atoms with Crippen molar-refractivity contribution in [1.82, 2.24) is 10.2 Å². The summed E-state index contributed by atoms with van der Waals surface area (Å²) in [6.07, 6.45) is 6.63. The van der Waals surface area contributed by atoms with Crippen molar-refractivity contribution in [2.24, 2.45) is 0 Å². The molecule has 2 heterocycles. The standard InChI is InChI=1S/C12H11N3/c13-8-15-11-7-6-10(14-12(11)15)9-4-2-1-3-5-9/h1-7,10-12,14H. The van der Waals surface area contributed by atoms with E-state index in [0.29, 0.717) is 0 Å². The maximum atomic E-state index is 8.80. The van der Waals surface area contributed by atoms with E-state index in [1.165, 1.54) is 5.56 Å². The third kappa shape index (κ3) is 1.31. The average molecular weight is 197 g/mol. The Balaban J connectivity index is 1.80. The molecule has 3 heteroatoms. The van der Waals surface area contributed by atoms with Crippen LogP contribution in [0.4, 0.5) is 0 Å². The molecule has 1 fully saturated rings. The van der Waals surface area contributed by atoms with Gasteiger partial charge in [0.2, 0.25) is 0 Å². The summed E-state index contributed by atoms with van der Waals surface area (Å²) in [5.41, 5.74) is 1.25. The first-order chi connectivity index (χ1) is 7.40. The summed E-state index contributed by atoms with van der Waals surface area (Å²) in [7, 11) is 0. The Morgan fingerprint density at radius 3 is 2.73 bits per heavy atom. The second kappa shape index (κ2) is 3.11. The molecule has 0 bridgehead atoms. The molecule has 2 aliphatic heterocycles. The number of hydrogen-bond donors (Lipinski definition) is 1. The van der Waals surface area contributed by atoms with Gasteiger partial charge in [-0.05, 0) is 5.56 Å². The van der Waals surface area contributed by atoms with Crippen molar-refractivity contribution in [3.63, 3.8) is 0 Å². The van der Waals surface area contributed by atoms with E-state index in [-0.39, 0.29) is 18.2 Å². The molecular formula is C12H11N3. The van der Waals surface area contributed by atoms with E-state index >= 15 is 0 Å². The molecule has 0 aliphatic carbocycles. The average Bonchev–Trinajstić information content (AvgIpc) is 3.02. The molecule has 15 heavy (non-hydrogen) atoms. The van der Waals surface area contributed by atoms with Crippen molar-refractivity contribution < 1.29 is 0 Å². The predicted molar refractivity (Wildman–Crippen MR) is 56.5 cm³/mol. The number of nitrogens with one attached hydrogen (secondary N) is 1. The van der Waals surface area contributed by atoms with Gasteiger partial charge >= 0.3 is 0 Å². The van der Waals surface area contributed by atoms with E-state index in [9.17, 15) is 0 Å². The molecule has 1 saturated heterocycles. The highest BCUT2D eigenvalue weighted by molar-refractivity contribution is 5.30. The number of fused-ring (bicyclic) bond motifs is 1. The fourth-order valence-electron chi connectivity index (χ4n) is 2.09. The van der Waals surface area contributed by atoms with Crippen LogP contribution < -0.4 is 5.32 Å². The molecule has 3 rings (SSSR count). The summed E-state index contributed by atoms with van der Waals surface area (Å²) in [5, 5.41) is 12.2. The van der Waals surface area contributed by atoms with Crippen LogP contribution in [0.2, 0.25) is 0 Å². The van der Waals surface area contributed by atoms with Crippen LogP contribution in [0.3, 0.4) is 0 Å². The summed E-state index contributed by atoms with van der Waals surface area (Å²) in [4.78, 5) is 1.76. The number of benzene rings is 1. The van der Waals surface area contributed by atoms with Crippen molar-refractivity contribution in [3.8, 4) is 6.19 Å². The van der Waals surface area contributed by atoms with Crippen LogP contribution in [-0.4, -0.2) is 17.1 Å². The normalized spacial score (nSPS) is 31.9. The number of nitrogens with zero attached hydrogens (tertiary/aromatic N) is 2. The van der Waals surface area contributed by atoms with Crippen LogP contribution in [0.15, 0.2) is 42.5 Å². The highest BCUT2D eigenvalue weighted by atomic mass is 15.4. The second-order valence-electron chi connectivity index (χ2n) is 3.88. The molecule has 1 aromatic rings. The fourth-order valence-corrected chi connectivity index (χ4v) is 2.09. The van der Waals surface area contributed by atoms with Crippen LogP contribution >= 0.6 is 0 Å². The molecule has 0 aromatic heterocycles. The summed E-state index contributed by atoms with van der Waals surface area (Å²) in [5.74, 6) is 0. The SMILES string of the molecule is N#CN1C2C=CC(c3ccccc3)NC21. The van der Waals surface area contributed by atoms with Gasteiger partial charge in [0.15, 0.2) is 6.19 Å². The minimum absolute atomic E-state index is 0.213. The molecule has 2 aliphatic rings. The highest BCUT2D eigenvalue weighted by Gasteiger charge is 2.48. The van der Waals surface area contributed by atoms with Gasteiger partial charge in [-0.3, -0.25) is 10.2 Å². The van der Waals surface area contributed by atoms with Crippen molar-refractivity contribution in [2.45, 2.75) is 18.2 Å². The van der Waals surface area contributed by atoms with E-state index in [1.807, 2.05) is 18.2 Å². The van der Waals surface area contributed by atoms with Gasteiger partial charge in [0, 0.05) is 0 Å². The molecule has 1 N–H and O–H groups in total. The Morgan fingerprint density at radius 1 is 1.20 bits per heavy atom. The molecular weight excluding hydrogens is 186 g/mol. The molecule has 0 radical (unpaired) electrons. The van der Waals surface area contributed by atoms with Gasteiger partial charge in [0.1, 0.15) is 6.17 Å². The monoisotopic (exact) mass is 197 g/mol. The Labute approximate surface area is 88.6 Å². The van der Waals surface area contributed by atoms with Gasteiger partial charge in [-0.15, -0.1) is 0 Å². The van der Waals surface area contributed by atoms with E-state index in [4.69, 9.17) is 5.26 Å². The lowest BCUT2D eigenvalue weighted by molar-refractivity contribution is 0.537.